The van der Waals surface area contributed by atoms with E-state index in [9.17, 15) is 0 Å². The van der Waals surface area contributed by atoms with Crippen molar-refractivity contribution in [3.63, 3.8) is 0 Å². The van der Waals surface area contributed by atoms with Gasteiger partial charge in [-0.15, -0.1) is 11.3 Å². The molecule has 0 amide bonds. The van der Waals surface area contributed by atoms with Crippen molar-refractivity contribution in [2.75, 3.05) is 12.4 Å². The van der Waals surface area contributed by atoms with Gasteiger partial charge in [0.1, 0.15) is 22.2 Å². The van der Waals surface area contributed by atoms with Crippen LogP contribution in [0.25, 0.3) is 10.2 Å². The molecule has 142 valence electrons. The van der Waals surface area contributed by atoms with Gasteiger partial charge in [0, 0.05) is 17.0 Å². The predicted molar refractivity (Wildman–Crippen MR) is 117 cm³/mol. The van der Waals surface area contributed by atoms with Crippen molar-refractivity contribution in [2.45, 2.75) is 20.3 Å². The van der Waals surface area contributed by atoms with Gasteiger partial charge in [0.25, 0.3) is 0 Å². The molecule has 0 aliphatic heterocycles. The van der Waals surface area contributed by atoms with Crippen molar-refractivity contribution in [1.82, 2.24) is 9.97 Å². The molecule has 0 saturated heterocycles. The normalized spacial score (nSPS) is 11.0. The fraction of sp³-hybridized carbons (Fsp3) is 0.182. The first-order valence-corrected chi connectivity index (χ1v) is 10.2. The number of halogens is 1. The van der Waals surface area contributed by atoms with Crippen LogP contribution in [0.4, 0.5) is 11.5 Å². The van der Waals surface area contributed by atoms with Gasteiger partial charge in [-0.3, -0.25) is 0 Å². The number of benzene rings is 2. The minimum atomic E-state index is 0.556. The van der Waals surface area contributed by atoms with E-state index in [0.29, 0.717) is 17.2 Å². The topological polar surface area (TPSA) is 47.0 Å². The summed E-state index contributed by atoms with van der Waals surface area (Å²) in [5, 5.41) is 5.05. The highest BCUT2D eigenvalue weighted by Crippen LogP contribution is 2.36. The molecule has 0 fully saturated rings. The Labute approximate surface area is 173 Å². The van der Waals surface area contributed by atoms with Gasteiger partial charge in [-0.1, -0.05) is 41.9 Å². The SMILES string of the molecule is COc1ccc(Nc2nc(Cc3ccccc3)nc3sc(C)c(C)c23)cc1Cl. The zero-order valence-corrected chi connectivity index (χ0v) is 17.5. The molecule has 0 radical (unpaired) electrons. The van der Waals surface area contributed by atoms with Gasteiger partial charge in [0.05, 0.1) is 17.5 Å². The lowest BCUT2D eigenvalue weighted by atomic mass is 10.1. The van der Waals surface area contributed by atoms with Crippen LogP contribution in [0.3, 0.4) is 0 Å². The van der Waals surface area contributed by atoms with Gasteiger partial charge in [-0.2, -0.15) is 0 Å². The molecule has 1 N–H and O–H groups in total. The van der Waals surface area contributed by atoms with Crippen LogP contribution in [-0.4, -0.2) is 17.1 Å². The third-order valence-corrected chi connectivity index (χ3v) is 6.09. The second kappa shape index (κ2) is 7.78. The van der Waals surface area contributed by atoms with Crippen LogP contribution in [-0.2, 0) is 6.42 Å². The first kappa shape index (κ1) is 18.7. The van der Waals surface area contributed by atoms with Crippen molar-refractivity contribution in [2.24, 2.45) is 0 Å². The number of thiophene rings is 1. The first-order valence-electron chi connectivity index (χ1n) is 8.96. The van der Waals surface area contributed by atoms with Gasteiger partial charge in [-0.25, -0.2) is 9.97 Å². The number of nitrogens with zero attached hydrogens (tertiary/aromatic N) is 2. The Bertz CT molecular complexity index is 1140. The molecule has 2 heterocycles. The summed E-state index contributed by atoms with van der Waals surface area (Å²) >= 11 is 7.99. The molecule has 2 aromatic heterocycles. The fourth-order valence-corrected chi connectivity index (χ4v) is 4.43. The third-order valence-electron chi connectivity index (χ3n) is 4.69. The number of hydrogen-bond donors (Lipinski definition) is 1. The van der Waals surface area contributed by atoms with Crippen LogP contribution in [0.1, 0.15) is 21.8 Å². The minimum absolute atomic E-state index is 0.556. The van der Waals surface area contributed by atoms with E-state index in [1.54, 1.807) is 18.4 Å². The molecule has 4 nitrogen and oxygen atoms in total. The molecular weight excluding hydrogens is 390 g/mol. The van der Waals surface area contributed by atoms with E-state index in [1.165, 1.54) is 16.0 Å². The summed E-state index contributed by atoms with van der Waals surface area (Å²) in [4.78, 5) is 11.9. The Kier molecular flexibility index (Phi) is 5.20. The number of ether oxygens (including phenoxy) is 1. The highest BCUT2D eigenvalue weighted by atomic mass is 35.5. The quantitative estimate of drug-likeness (QED) is 0.420. The first-order chi connectivity index (χ1) is 13.5. The molecule has 0 atom stereocenters. The number of aromatic nitrogens is 2. The van der Waals surface area contributed by atoms with E-state index in [4.69, 9.17) is 26.3 Å². The molecule has 0 aliphatic rings. The lowest BCUT2D eigenvalue weighted by Gasteiger charge is -2.11. The smallest absolute Gasteiger partial charge is 0.143 e. The second-order valence-corrected chi connectivity index (χ2v) is 8.20. The standard InChI is InChI=1S/C22H20ClN3OS/c1-13-14(2)28-22-20(13)21(24-16-9-10-18(27-3)17(23)12-16)25-19(26-22)11-15-7-5-4-6-8-15/h4-10,12H,11H2,1-3H3,(H,24,25,26). The molecule has 28 heavy (non-hydrogen) atoms. The lowest BCUT2D eigenvalue weighted by Crippen LogP contribution is -2.02. The average molecular weight is 410 g/mol. The molecule has 2 aromatic carbocycles. The molecule has 4 rings (SSSR count). The van der Waals surface area contributed by atoms with Crippen LogP contribution in [0.5, 0.6) is 5.75 Å². The Morgan fingerprint density at radius 1 is 1.07 bits per heavy atom. The van der Waals surface area contributed by atoms with Crippen molar-refractivity contribution >= 4 is 44.7 Å². The summed E-state index contributed by atoms with van der Waals surface area (Å²) in [5.41, 5.74) is 3.25. The summed E-state index contributed by atoms with van der Waals surface area (Å²) in [6, 6.07) is 15.9. The zero-order valence-electron chi connectivity index (χ0n) is 15.9. The Morgan fingerprint density at radius 3 is 2.57 bits per heavy atom. The largest absolute Gasteiger partial charge is 0.495 e. The molecule has 0 saturated carbocycles. The third kappa shape index (κ3) is 3.68. The van der Waals surface area contributed by atoms with Gasteiger partial charge in [-0.05, 0) is 43.2 Å². The van der Waals surface area contributed by atoms with Gasteiger partial charge >= 0.3 is 0 Å². The maximum atomic E-state index is 6.29. The van der Waals surface area contributed by atoms with Gasteiger partial charge < -0.3 is 10.1 Å². The lowest BCUT2D eigenvalue weighted by molar-refractivity contribution is 0.415. The number of anilines is 2. The van der Waals surface area contributed by atoms with E-state index in [-0.39, 0.29) is 0 Å². The predicted octanol–water partition coefficient (Wildman–Crippen LogP) is 6.30. The molecule has 0 unspecified atom stereocenters. The van der Waals surface area contributed by atoms with Crippen LogP contribution in [0.2, 0.25) is 5.02 Å². The van der Waals surface area contributed by atoms with E-state index in [1.807, 2.05) is 36.4 Å². The number of nitrogens with one attached hydrogen (secondary N) is 1. The van der Waals surface area contributed by atoms with Crippen LogP contribution < -0.4 is 10.1 Å². The highest BCUT2D eigenvalue weighted by molar-refractivity contribution is 7.18. The van der Waals surface area contributed by atoms with E-state index >= 15 is 0 Å². The molecular formula is C22H20ClN3OS. The highest BCUT2D eigenvalue weighted by Gasteiger charge is 2.15. The van der Waals surface area contributed by atoms with Crippen molar-refractivity contribution in [3.8, 4) is 5.75 Å². The molecule has 6 heteroatoms. The minimum Gasteiger partial charge on any atom is -0.495 e. The van der Waals surface area contributed by atoms with Crippen LogP contribution in [0.15, 0.2) is 48.5 Å². The molecule has 4 aromatic rings. The monoisotopic (exact) mass is 409 g/mol. The Morgan fingerprint density at radius 2 is 1.86 bits per heavy atom. The van der Waals surface area contributed by atoms with Crippen molar-refractivity contribution in [3.05, 3.63) is 75.4 Å². The summed E-state index contributed by atoms with van der Waals surface area (Å²) in [6.07, 6.45) is 0.685. The van der Waals surface area contributed by atoms with Gasteiger partial charge in [0.15, 0.2) is 0 Å². The number of fused-ring (bicyclic) bond motifs is 1. The van der Waals surface area contributed by atoms with Gasteiger partial charge in [0.2, 0.25) is 0 Å². The number of hydrogen-bond acceptors (Lipinski definition) is 5. The van der Waals surface area contributed by atoms with E-state index in [0.717, 1.165) is 27.5 Å². The number of methoxy groups -OCH3 is 1. The summed E-state index contributed by atoms with van der Waals surface area (Å²) in [7, 11) is 1.61. The maximum Gasteiger partial charge on any atom is 0.143 e. The van der Waals surface area contributed by atoms with E-state index in [2.05, 4.69) is 31.3 Å². The molecule has 0 bridgehead atoms. The van der Waals surface area contributed by atoms with Crippen molar-refractivity contribution in [1.29, 1.82) is 0 Å². The number of rotatable bonds is 5. The second-order valence-electron chi connectivity index (χ2n) is 6.59. The summed E-state index contributed by atoms with van der Waals surface area (Å²) < 4.78 is 5.24. The van der Waals surface area contributed by atoms with Crippen LogP contribution >= 0.6 is 22.9 Å². The Hall–Kier alpha value is -2.63. The average Bonchev–Trinajstić information content (AvgIpc) is 2.97. The zero-order chi connectivity index (χ0) is 19.7. The maximum absolute atomic E-state index is 6.29. The van der Waals surface area contributed by atoms with Crippen molar-refractivity contribution < 1.29 is 4.74 Å². The fourth-order valence-electron chi connectivity index (χ4n) is 3.12. The number of aryl methyl sites for hydroxylation is 2. The molecule has 0 aliphatic carbocycles. The summed E-state index contributed by atoms with van der Waals surface area (Å²) in [5.74, 6) is 2.24. The van der Waals surface area contributed by atoms with Crippen LogP contribution in [0, 0.1) is 13.8 Å². The summed E-state index contributed by atoms with van der Waals surface area (Å²) in [6.45, 7) is 4.23. The molecule has 0 spiro atoms. The Balaban J connectivity index is 1.77. The van der Waals surface area contributed by atoms with E-state index < -0.39 is 0 Å².